The molecule has 0 bridgehead atoms. The molecule has 7 heteroatoms. The predicted molar refractivity (Wildman–Crippen MR) is 127 cm³/mol. The van der Waals surface area contributed by atoms with E-state index in [0.29, 0.717) is 19.6 Å². The van der Waals surface area contributed by atoms with E-state index >= 15 is 0 Å². The molecule has 1 atom stereocenters. The summed E-state index contributed by atoms with van der Waals surface area (Å²) in [6.45, 7) is 2.10. The van der Waals surface area contributed by atoms with Crippen LogP contribution in [0.1, 0.15) is 24.0 Å². The summed E-state index contributed by atoms with van der Waals surface area (Å²) in [4.78, 5) is 15.2. The second-order valence-corrected chi connectivity index (χ2v) is 7.65. The summed E-state index contributed by atoms with van der Waals surface area (Å²) in [5.41, 5.74) is 2.07. The Morgan fingerprint density at radius 1 is 1.07 bits per heavy atom. The smallest absolute Gasteiger partial charge is 0.227 e. The first-order valence-electron chi connectivity index (χ1n) is 10.0. The molecule has 30 heavy (non-hydrogen) atoms. The molecule has 0 radical (unpaired) electrons. The average molecular weight is 454 g/mol. The van der Waals surface area contributed by atoms with E-state index in [1.54, 1.807) is 6.07 Å². The molecule has 1 heterocycles. The molecule has 0 aromatic heterocycles. The maximum Gasteiger partial charge on any atom is 0.227 e. The summed E-state index contributed by atoms with van der Waals surface area (Å²) in [6.07, 6.45) is 2.41. The minimum Gasteiger partial charge on any atom is -0.508 e. The number of carbonyl (C=O) groups is 1. The maximum absolute atomic E-state index is 13.2. The number of halogens is 2. The van der Waals surface area contributed by atoms with Crippen molar-refractivity contribution in [1.29, 1.82) is 0 Å². The highest BCUT2D eigenvalue weighted by Crippen LogP contribution is 2.34. The Morgan fingerprint density at radius 2 is 1.73 bits per heavy atom. The third-order valence-electron chi connectivity index (χ3n) is 5.93. The van der Waals surface area contributed by atoms with Crippen LogP contribution in [0.3, 0.4) is 0 Å². The Labute approximate surface area is 192 Å². The van der Waals surface area contributed by atoms with E-state index in [-0.39, 0.29) is 47.9 Å². The first-order valence-corrected chi connectivity index (χ1v) is 10.0. The van der Waals surface area contributed by atoms with Gasteiger partial charge in [0.25, 0.3) is 0 Å². The van der Waals surface area contributed by atoms with Gasteiger partial charge in [-0.25, -0.2) is 0 Å². The van der Waals surface area contributed by atoms with Crippen molar-refractivity contribution in [3.05, 3.63) is 65.7 Å². The van der Waals surface area contributed by atoms with Crippen LogP contribution in [-0.2, 0) is 16.8 Å². The third kappa shape index (κ3) is 6.11. The highest BCUT2D eigenvalue weighted by Gasteiger charge is 2.37. The standard InChI is InChI=1S/C23H31N3O2.2ClH/c1-24-17-19(15-18-7-4-3-5-8-18)22(28)26-13-11-23(25-2,12-14-26)20-9-6-10-21(27)16-20;;/h3-10,16,19,24-25,27H,11-15,17H2,1-2H3;2*1H. The van der Waals surface area contributed by atoms with Crippen molar-refractivity contribution in [2.24, 2.45) is 5.92 Å². The number of nitrogens with one attached hydrogen (secondary N) is 2. The molecule has 1 aliphatic heterocycles. The molecule has 1 saturated heterocycles. The zero-order chi connectivity index (χ0) is 20.0. The maximum atomic E-state index is 13.2. The molecule has 1 unspecified atom stereocenters. The number of phenols is 1. The van der Waals surface area contributed by atoms with Crippen molar-refractivity contribution in [3.8, 4) is 5.75 Å². The van der Waals surface area contributed by atoms with Gasteiger partial charge >= 0.3 is 0 Å². The summed E-state index contributed by atoms with van der Waals surface area (Å²) in [5.74, 6) is 0.441. The lowest BCUT2D eigenvalue weighted by Gasteiger charge is -2.43. The summed E-state index contributed by atoms with van der Waals surface area (Å²) in [5, 5.41) is 16.5. The normalized spacial score (nSPS) is 16.1. The molecule has 0 saturated carbocycles. The molecule has 3 rings (SSSR count). The highest BCUT2D eigenvalue weighted by molar-refractivity contribution is 5.85. The monoisotopic (exact) mass is 453 g/mol. The van der Waals surface area contributed by atoms with Crippen LogP contribution >= 0.6 is 24.8 Å². The molecule has 2 aromatic rings. The molecule has 0 spiro atoms. The number of amides is 1. The molecule has 1 amide bonds. The van der Waals surface area contributed by atoms with Gasteiger partial charge in [0, 0.05) is 25.2 Å². The zero-order valence-corrected chi connectivity index (χ0v) is 19.3. The minimum absolute atomic E-state index is 0. The second kappa shape index (κ2) is 12.2. The van der Waals surface area contributed by atoms with Gasteiger partial charge in [-0.05, 0) is 56.6 Å². The molecular weight excluding hydrogens is 421 g/mol. The lowest BCUT2D eigenvalue weighted by molar-refractivity contribution is -0.137. The summed E-state index contributed by atoms with van der Waals surface area (Å²) >= 11 is 0. The number of rotatable bonds is 7. The fraction of sp³-hybridized carbons (Fsp3) is 0.435. The average Bonchev–Trinajstić information content (AvgIpc) is 2.74. The molecular formula is C23H33Cl2N3O2. The molecule has 2 aromatic carbocycles. The van der Waals surface area contributed by atoms with E-state index in [0.717, 1.165) is 24.8 Å². The van der Waals surface area contributed by atoms with Gasteiger partial charge in [0.2, 0.25) is 5.91 Å². The number of likely N-dealkylation sites (tertiary alicyclic amines) is 1. The highest BCUT2D eigenvalue weighted by atomic mass is 35.5. The van der Waals surface area contributed by atoms with E-state index in [1.165, 1.54) is 5.56 Å². The Morgan fingerprint density at radius 3 is 2.30 bits per heavy atom. The van der Waals surface area contributed by atoms with Gasteiger partial charge in [-0.3, -0.25) is 4.79 Å². The van der Waals surface area contributed by atoms with E-state index in [2.05, 4.69) is 22.8 Å². The van der Waals surface area contributed by atoms with Gasteiger partial charge < -0.3 is 20.6 Å². The lowest BCUT2D eigenvalue weighted by Crippen LogP contribution is -2.53. The second-order valence-electron chi connectivity index (χ2n) is 7.65. The van der Waals surface area contributed by atoms with Crippen LogP contribution < -0.4 is 10.6 Å². The Kier molecular flexibility index (Phi) is 10.6. The number of piperidine rings is 1. The van der Waals surface area contributed by atoms with Gasteiger partial charge in [0.1, 0.15) is 5.75 Å². The van der Waals surface area contributed by atoms with Crippen LogP contribution in [0, 0.1) is 5.92 Å². The largest absolute Gasteiger partial charge is 0.508 e. The van der Waals surface area contributed by atoms with Crippen molar-refractivity contribution < 1.29 is 9.90 Å². The number of hydrogen-bond acceptors (Lipinski definition) is 4. The quantitative estimate of drug-likeness (QED) is 0.601. The van der Waals surface area contributed by atoms with E-state index in [4.69, 9.17) is 0 Å². The molecule has 0 aliphatic carbocycles. The van der Waals surface area contributed by atoms with Crippen molar-refractivity contribution in [1.82, 2.24) is 15.5 Å². The van der Waals surface area contributed by atoms with Crippen molar-refractivity contribution in [3.63, 3.8) is 0 Å². The van der Waals surface area contributed by atoms with Crippen molar-refractivity contribution in [2.75, 3.05) is 33.7 Å². The Hall–Kier alpha value is -1.79. The summed E-state index contributed by atoms with van der Waals surface area (Å²) < 4.78 is 0. The fourth-order valence-corrected chi connectivity index (χ4v) is 4.25. The number of benzene rings is 2. The van der Waals surface area contributed by atoms with E-state index < -0.39 is 0 Å². The Bertz CT molecular complexity index is 781. The number of carbonyl (C=O) groups excluding carboxylic acids is 1. The first kappa shape index (κ1) is 26.2. The topological polar surface area (TPSA) is 64.6 Å². The van der Waals surface area contributed by atoms with E-state index in [1.807, 2.05) is 55.4 Å². The Balaban J connectivity index is 0.00000225. The van der Waals surface area contributed by atoms with Gasteiger partial charge in [-0.2, -0.15) is 0 Å². The lowest BCUT2D eigenvalue weighted by atomic mass is 9.80. The number of nitrogens with zero attached hydrogens (tertiary/aromatic N) is 1. The molecule has 166 valence electrons. The minimum atomic E-state index is -0.201. The first-order chi connectivity index (χ1) is 13.6. The van der Waals surface area contributed by atoms with Crippen molar-refractivity contribution in [2.45, 2.75) is 24.8 Å². The molecule has 1 fully saturated rings. The third-order valence-corrected chi connectivity index (χ3v) is 5.93. The van der Waals surface area contributed by atoms with Gasteiger partial charge in [0.15, 0.2) is 0 Å². The van der Waals surface area contributed by atoms with E-state index in [9.17, 15) is 9.90 Å². The van der Waals surface area contributed by atoms with Crippen LogP contribution in [0.4, 0.5) is 0 Å². The van der Waals surface area contributed by atoms with Crippen LogP contribution in [0.2, 0.25) is 0 Å². The van der Waals surface area contributed by atoms with Crippen molar-refractivity contribution >= 4 is 30.7 Å². The van der Waals surface area contributed by atoms with Gasteiger partial charge in [0.05, 0.1) is 5.92 Å². The fourth-order valence-electron chi connectivity index (χ4n) is 4.25. The SMILES string of the molecule is CNCC(Cc1ccccc1)C(=O)N1CCC(NC)(c2cccc(O)c2)CC1.Cl.Cl. The molecule has 1 aliphatic rings. The van der Waals surface area contributed by atoms with Crippen LogP contribution in [0.15, 0.2) is 54.6 Å². The van der Waals surface area contributed by atoms with Gasteiger partial charge in [-0.15, -0.1) is 24.8 Å². The van der Waals surface area contributed by atoms with Crippen LogP contribution in [0.5, 0.6) is 5.75 Å². The number of hydrogen-bond donors (Lipinski definition) is 3. The summed E-state index contributed by atoms with van der Waals surface area (Å²) in [6, 6.07) is 17.7. The summed E-state index contributed by atoms with van der Waals surface area (Å²) in [7, 11) is 3.86. The molecule has 3 N–H and O–H groups in total. The van der Waals surface area contributed by atoms with Crippen LogP contribution in [0.25, 0.3) is 0 Å². The zero-order valence-electron chi connectivity index (χ0n) is 17.6. The number of aromatic hydroxyl groups is 1. The van der Waals surface area contributed by atoms with Gasteiger partial charge in [-0.1, -0.05) is 42.5 Å². The predicted octanol–water partition coefficient (Wildman–Crippen LogP) is 3.35. The number of phenolic OH excluding ortho intramolecular Hbond substituents is 1. The van der Waals surface area contributed by atoms with Crippen LogP contribution in [-0.4, -0.2) is 49.6 Å². The molecule has 5 nitrogen and oxygen atoms in total.